The maximum atomic E-state index is 10.6. The summed E-state index contributed by atoms with van der Waals surface area (Å²) in [6, 6.07) is 21.4. The number of hydrogen-bond donors (Lipinski definition) is 2. The number of aliphatic hydroxyl groups is 1. The summed E-state index contributed by atoms with van der Waals surface area (Å²) >= 11 is 0. The van der Waals surface area contributed by atoms with Crippen LogP contribution in [0.4, 0.5) is 0 Å². The average Bonchev–Trinajstić information content (AvgIpc) is 2.55. The van der Waals surface area contributed by atoms with Gasteiger partial charge in [0, 0.05) is 18.0 Å². The number of hydrogen-bond acceptors (Lipinski definition) is 2. The highest BCUT2D eigenvalue weighted by Gasteiger charge is 2.36. The Labute approximate surface area is 126 Å². The lowest BCUT2D eigenvalue weighted by molar-refractivity contribution is 0.0290. The molecule has 1 aliphatic heterocycles. The van der Waals surface area contributed by atoms with Gasteiger partial charge in [-0.2, -0.15) is 0 Å². The van der Waals surface area contributed by atoms with Gasteiger partial charge in [-0.3, -0.25) is 0 Å². The molecule has 1 heterocycles. The fourth-order valence-corrected chi connectivity index (χ4v) is 3.48. The van der Waals surface area contributed by atoms with Gasteiger partial charge in [0.15, 0.2) is 0 Å². The van der Waals surface area contributed by atoms with Crippen LogP contribution in [0.5, 0.6) is 0 Å². The van der Waals surface area contributed by atoms with Gasteiger partial charge in [-0.25, -0.2) is 0 Å². The summed E-state index contributed by atoms with van der Waals surface area (Å²) in [6.45, 7) is 2.16. The van der Waals surface area contributed by atoms with Crippen LogP contribution in [-0.2, 0) is 0 Å². The van der Waals surface area contributed by atoms with Gasteiger partial charge in [0.05, 0.1) is 6.10 Å². The van der Waals surface area contributed by atoms with Crippen molar-refractivity contribution >= 4 is 0 Å². The molecule has 1 saturated heterocycles. The summed E-state index contributed by atoms with van der Waals surface area (Å²) in [6.07, 6.45) is 1.51. The fourth-order valence-electron chi connectivity index (χ4n) is 3.48. The van der Waals surface area contributed by atoms with Crippen LogP contribution in [0.1, 0.15) is 43.0 Å². The highest BCUT2D eigenvalue weighted by atomic mass is 16.3. The molecule has 0 unspecified atom stereocenters. The summed E-state index contributed by atoms with van der Waals surface area (Å²) < 4.78 is 0. The van der Waals surface area contributed by atoms with Crippen molar-refractivity contribution in [2.45, 2.75) is 38.0 Å². The molecule has 110 valence electrons. The lowest BCUT2D eigenvalue weighted by Crippen LogP contribution is -2.44. The lowest BCUT2D eigenvalue weighted by Gasteiger charge is -2.41. The molecule has 2 nitrogen and oxygen atoms in total. The summed E-state index contributed by atoms with van der Waals surface area (Å²) in [5.74, 6) is 0.271. The molecule has 0 aliphatic carbocycles. The predicted molar refractivity (Wildman–Crippen MR) is 85.9 cm³/mol. The van der Waals surface area contributed by atoms with Crippen LogP contribution < -0.4 is 5.32 Å². The minimum absolute atomic E-state index is 0.213. The van der Waals surface area contributed by atoms with Gasteiger partial charge < -0.3 is 10.4 Å². The van der Waals surface area contributed by atoms with Gasteiger partial charge in [-0.1, -0.05) is 67.6 Å². The normalized spacial score (nSPS) is 29.2. The van der Waals surface area contributed by atoms with Gasteiger partial charge >= 0.3 is 0 Å². The smallest absolute Gasteiger partial charge is 0.0604 e. The lowest BCUT2D eigenvalue weighted by atomic mass is 9.78. The summed E-state index contributed by atoms with van der Waals surface area (Å²) in [7, 11) is 0. The standard InChI is InChI=1S/C19H23NO/c1-2-16-18(21)13-17(14-9-5-3-6-10-14)20-19(16)15-11-7-4-8-12-15/h3-12,16-21H,2,13H2,1H3/t16-,17-,18-,19+/m1/s1. The van der Waals surface area contributed by atoms with E-state index in [9.17, 15) is 5.11 Å². The van der Waals surface area contributed by atoms with E-state index in [1.807, 2.05) is 12.1 Å². The van der Waals surface area contributed by atoms with Crippen molar-refractivity contribution in [3.8, 4) is 0 Å². The highest BCUT2D eigenvalue weighted by molar-refractivity contribution is 5.25. The molecule has 0 radical (unpaired) electrons. The third-order valence-corrected chi connectivity index (χ3v) is 4.61. The molecule has 0 aromatic heterocycles. The van der Waals surface area contributed by atoms with Gasteiger partial charge in [0.25, 0.3) is 0 Å². The van der Waals surface area contributed by atoms with Crippen LogP contribution in [0.15, 0.2) is 60.7 Å². The molecule has 0 saturated carbocycles. The highest BCUT2D eigenvalue weighted by Crippen LogP contribution is 2.38. The van der Waals surface area contributed by atoms with Crippen molar-refractivity contribution in [3.63, 3.8) is 0 Å². The summed E-state index contributed by atoms with van der Waals surface area (Å²) in [4.78, 5) is 0. The maximum Gasteiger partial charge on any atom is 0.0604 e. The number of piperidine rings is 1. The van der Waals surface area contributed by atoms with E-state index >= 15 is 0 Å². The zero-order valence-electron chi connectivity index (χ0n) is 12.4. The second-order valence-corrected chi connectivity index (χ2v) is 5.89. The van der Waals surface area contributed by atoms with Crippen molar-refractivity contribution < 1.29 is 5.11 Å². The van der Waals surface area contributed by atoms with Crippen LogP contribution in [0.25, 0.3) is 0 Å². The van der Waals surface area contributed by atoms with E-state index in [4.69, 9.17) is 0 Å². The summed E-state index contributed by atoms with van der Waals surface area (Å²) in [5, 5.41) is 14.3. The molecule has 4 atom stereocenters. The minimum atomic E-state index is -0.258. The Balaban J connectivity index is 1.89. The van der Waals surface area contributed by atoms with Crippen LogP contribution >= 0.6 is 0 Å². The first-order valence-electron chi connectivity index (χ1n) is 7.83. The second kappa shape index (κ2) is 6.42. The molecule has 2 aromatic rings. The molecule has 1 aliphatic rings. The zero-order chi connectivity index (χ0) is 14.7. The number of benzene rings is 2. The van der Waals surface area contributed by atoms with Gasteiger partial charge in [0.1, 0.15) is 0 Å². The molecule has 3 rings (SSSR count). The molecule has 0 spiro atoms. The monoisotopic (exact) mass is 281 g/mol. The van der Waals surface area contributed by atoms with E-state index in [1.165, 1.54) is 11.1 Å². The Morgan fingerprint density at radius 1 is 0.952 bits per heavy atom. The topological polar surface area (TPSA) is 32.3 Å². The van der Waals surface area contributed by atoms with Gasteiger partial charge in [-0.05, 0) is 24.0 Å². The third kappa shape index (κ3) is 3.02. The Kier molecular flexibility index (Phi) is 4.37. The van der Waals surface area contributed by atoms with E-state index in [-0.39, 0.29) is 24.1 Å². The second-order valence-electron chi connectivity index (χ2n) is 5.89. The van der Waals surface area contributed by atoms with E-state index < -0.39 is 0 Å². The molecule has 0 bridgehead atoms. The van der Waals surface area contributed by atoms with E-state index in [2.05, 4.69) is 60.8 Å². The van der Waals surface area contributed by atoms with Gasteiger partial charge in [-0.15, -0.1) is 0 Å². The molecule has 2 N–H and O–H groups in total. The molecule has 2 heteroatoms. The third-order valence-electron chi connectivity index (χ3n) is 4.61. The van der Waals surface area contributed by atoms with Crippen molar-refractivity contribution in [1.82, 2.24) is 5.32 Å². The van der Waals surface area contributed by atoms with E-state index in [0.29, 0.717) is 0 Å². The Morgan fingerprint density at radius 2 is 1.52 bits per heavy atom. The van der Waals surface area contributed by atoms with Gasteiger partial charge in [0.2, 0.25) is 0 Å². The SMILES string of the molecule is CC[C@@H]1[C@H](O)C[C@H](c2ccccc2)N[C@H]1c1ccccc1. The first-order chi connectivity index (χ1) is 10.3. The molecule has 1 fully saturated rings. The Morgan fingerprint density at radius 3 is 2.10 bits per heavy atom. The van der Waals surface area contributed by atoms with Crippen LogP contribution in [0.3, 0.4) is 0 Å². The number of rotatable bonds is 3. The minimum Gasteiger partial charge on any atom is -0.393 e. The number of nitrogens with one attached hydrogen (secondary N) is 1. The largest absolute Gasteiger partial charge is 0.393 e. The van der Waals surface area contributed by atoms with Crippen LogP contribution in [-0.4, -0.2) is 11.2 Å². The fraction of sp³-hybridized carbons (Fsp3) is 0.368. The predicted octanol–water partition coefficient (Wildman–Crippen LogP) is 3.85. The van der Waals surface area contributed by atoms with Crippen molar-refractivity contribution in [2.75, 3.05) is 0 Å². The van der Waals surface area contributed by atoms with Crippen molar-refractivity contribution in [3.05, 3.63) is 71.8 Å². The molecular weight excluding hydrogens is 258 g/mol. The first kappa shape index (κ1) is 14.3. The Bertz CT molecular complexity index is 554. The Hall–Kier alpha value is -1.64. The molecule has 2 aromatic carbocycles. The zero-order valence-corrected chi connectivity index (χ0v) is 12.4. The van der Waals surface area contributed by atoms with Crippen LogP contribution in [0.2, 0.25) is 0 Å². The molecule has 21 heavy (non-hydrogen) atoms. The number of aliphatic hydroxyl groups excluding tert-OH is 1. The maximum absolute atomic E-state index is 10.6. The van der Waals surface area contributed by atoms with Crippen molar-refractivity contribution in [1.29, 1.82) is 0 Å². The molecule has 0 amide bonds. The van der Waals surface area contributed by atoms with E-state index in [1.54, 1.807) is 0 Å². The average molecular weight is 281 g/mol. The van der Waals surface area contributed by atoms with Crippen LogP contribution in [0, 0.1) is 5.92 Å². The first-order valence-corrected chi connectivity index (χ1v) is 7.83. The summed E-state index contributed by atoms with van der Waals surface area (Å²) in [5.41, 5.74) is 2.52. The molecular formula is C19H23NO. The van der Waals surface area contributed by atoms with E-state index in [0.717, 1.165) is 12.8 Å². The quantitative estimate of drug-likeness (QED) is 0.895. The van der Waals surface area contributed by atoms with Crippen molar-refractivity contribution in [2.24, 2.45) is 5.92 Å².